The first-order chi connectivity index (χ1) is 16.3. The highest BCUT2D eigenvalue weighted by Crippen LogP contribution is 2.24. The molecule has 0 aliphatic rings. The molecule has 0 heterocycles. The average Bonchev–Trinajstić information content (AvgIpc) is 2.80. The van der Waals surface area contributed by atoms with E-state index in [0.717, 1.165) is 23.1 Å². The summed E-state index contributed by atoms with van der Waals surface area (Å²) in [4.78, 5) is 12.3. The van der Waals surface area contributed by atoms with Crippen LogP contribution in [0.5, 0.6) is 11.5 Å². The highest BCUT2D eigenvalue weighted by molar-refractivity contribution is 6.31. The molecule has 34 heavy (non-hydrogen) atoms. The monoisotopic (exact) mass is 482 g/mol. The second-order valence-corrected chi connectivity index (χ2v) is 8.91. The number of aliphatic hydroxyl groups is 1. The van der Waals surface area contributed by atoms with Crippen molar-refractivity contribution in [2.24, 2.45) is 0 Å². The van der Waals surface area contributed by atoms with Crippen LogP contribution in [0.2, 0.25) is 5.02 Å². The van der Waals surface area contributed by atoms with Crippen molar-refractivity contribution in [1.29, 1.82) is 0 Å². The Bertz CT molecular complexity index is 1090. The molecule has 2 atom stereocenters. The number of rotatable bonds is 11. The van der Waals surface area contributed by atoms with Gasteiger partial charge in [-0.1, -0.05) is 54.1 Å². The Balaban J connectivity index is 1.44. The van der Waals surface area contributed by atoms with Gasteiger partial charge >= 0.3 is 0 Å². The number of carbonyl (C=O) groups excluding carboxylic acids is 1. The van der Waals surface area contributed by atoms with Gasteiger partial charge in [-0.2, -0.15) is 0 Å². The number of phenols is 2. The largest absolute Gasteiger partial charge is 0.508 e. The molecule has 0 radical (unpaired) electrons. The van der Waals surface area contributed by atoms with Crippen LogP contribution in [0.25, 0.3) is 0 Å². The van der Waals surface area contributed by atoms with Gasteiger partial charge in [-0.05, 0) is 60.2 Å². The molecule has 0 aliphatic carbocycles. The number of amides is 1. The third kappa shape index (κ3) is 8.06. The Morgan fingerprint density at radius 1 is 0.971 bits per heavy atom. The van der Waals surface area contributed by atoms with Crippen LogP contribution in [0.15, 0.2) is 66.7 Å². The Hall–Kier alpha value is -3.06. The van der Waals surface area contributed by atoms with Crippen LogP contribution in [-0.4, -0.2) is 33.8 Å². The smallest absolute Gasteiger partial charge is 0.220 e. The van der Waals surface area contributed by atoms with E-state index < -0.39 is 6.10 Å². The Morgan fingerprint density at radius 2 is 1.68 bits per heavy atom. The number of hydrogen-bond acceptors (Lipinski definition) is 5. The molecule has 0 bridgehead atoms. The number of benzene rings is 3. The molecule has 0 aromatic heterocycles. The van der Waals surface area contributed by atoms with Crippen molar-refractivity contribution < 1.29 is 20.1 Å². The first kappa shape index (κ1) is 25.6. The van der Waals surface area contributed by atoms with Gasteiger partial charge in [0.15, 0.2) is 0 Å². The topological polar surface area (TPSA) is 102 Å². The predicted octanol–water partition coefficient (Wildman–Crippen LogP) is 4.25. The van der Waals surface area contributed by atoms with E-state index in [2.05, 4.69) is 16.7 Å². The van der Waals surface area contributed by atoms with Crippen LogP contribution < -0.4 is 10.6 Å². The molecule has 0 fully saturated rings. The highest BCUT2D eigenvalue weighted by atomic mass is 35.5. The number of aliphatic hydroxyl groups excluding tert-OH is 1. The van der Waals surface area contributed by atoms with E-state index in [1.165, 1.54) is 18.2 Å². The number of aromatic hydroxyl groups is 2. The van der Waals surface area contributed by atoms with Gasteiger partial charge in [0, 0.05) is 36.6 Å². The van der Waals surface area contributed by atoms with E-state index >= 15 is 0 Å². The van der Waals surface area contributed by atoms with Gasteiger partial charge in [-0.25, -0.2) is 0 Å². The van der Waals surface area contributed by atoms with Crippen molar-refractivity contribution in [3.05, 3.63) is 94.0 Å². The van der Waals surface area contributed by atoms with Crippen molar-refractivity contribution in [2.75, 3.05) is 6.54 Å². The lowest BCUT2D eigenvalue weighted by atomic mass is 10.0. The molecule has 180 valence electrons. The molecule has 0 saturated heterocycles. The maximum Gasteiger partial charge on any atom is 0.220 e. The van der Waals surface area contributed by atoms with Crippen LogP contribution in [0, 0.1) is 0 Å². The molecule has 7 heteroatoms. The zero-order valence-corrected chi connectivity index (χ0v) is 19.9. The maximum atomic E-state index is 12.3. The van der Waals surface area contributed by atoms with Crippen molar-refractivity contribution in [1.82, 2.24) is 10.6 Å². The summed E-state index contributed by atoms with van der Waals surface area (Å²) in [5.74, 6) is -0.194. The van der Waals surface area contributed by atoms with Gasteiger partial charge in [-0.3, -0.25) is 4.79 Å². The Kier molecular flexibility index (Phi) is 9.33. The van der Waals surface area contributed by atoms with E-state index in [4.69, 9.17) is 11.6 Å². The number of carbonyl (C=O) groups is 1. The molecular weight excluding hydrogens is 452 g/mol. The highest BCUT2D eigenvalue weighted by Gasteiger charge is 2.12. The lowest BCUT2D eigenvalue weighted by molar-refractivity contribution is -0.121. The van der Waals surface area contributed by atoms with E-state index in [0.29, 0.717) is 30.0 Å². The third-order valence-electron chi connectivity index (χ3n) is 5.58. The predicted molar refractivity (Wildman–Crippen MR) is 134 cm³/mol. The minimum absolute atomic E-state index is 0.0210. The van der Waals surface area contributed by atoms with Crippen LogP contribution in [0.1, 0.15) is 41.7 Å². The standard InChI is InChI=1S/C27H31ClN2O4/c1-18(29-17-26(33)22-13-23(31)15-24(32)14-22)11-20-6-4-5-19(12-20)9-10-27(34)30-16-21-7-2-3-8-25(21)28/h2-8,12-15,18,26,29,31-33H,9-11,16-17H2,1H3,(H,30,34). The Labute approximate surface area is 205 Å². The summed E-state index contributed by atoms with van der Waals surface area (Å²) in [5, 5.41) is 36.4. The second-order valence-electron chi connectivity index (χ2n) is 8.50. The fourth-order valence-corrected chi connectivity index (χ4v) is 3.96. The number of hydrogen-bond donors (Lipinski definition) is 5. The van der Waals surface area contributed by atoms with Crippen LogP contribution in [0.4, 0.5) is 0 Å². The molecular formula is C27H31ClN2O4. The van der Waals surface area contributed by atoms with Gasteiger partial charge < -0.3 is 26.0 Å². The fraction of sp³-hybridized carbons (Fsp3) is 0.296. The minimum Gasteiger partial charge on any atom is -0.508 e. The summed E-state index contributed by atoms with van der Waals surface area (Å²) in [6, 6.07) is 19.8. The van der Waals surface area contributed by atoms with E-state index in [9.17, 15) is 20.1 Å². The molecule has 0 spiro atoms. The number of phenolic OH excluding ortho intramolecular Hbond substituents is 2. The third-order valence-corrected chi connectivity index (χ3v) is 5.95. The van der Waals surface area contributed by atoms with Gasteiger partial charge in [0.25, 0.3) is 0 Å². The molecule has 3 aromatic rings. The van der Waals surface area contributed by atoms with Crippen LogP contribution in [-0.2, 0) is 24.2 Å². The summed E-state index contributed by atoms with van der Waals surface area (Å²) in [6.45, 7) is 2.73. The Morgan fingerprint density at radius 3 is 2.41 bits per heavy atom. The fourth-order valence-electron chi connectivity index (χ4n) is 3.76. The summed E-state index contributed by atoms with van der Waals surface area (Å²) in [7, 11) is 0. The maximum absolute atomic E-state index is 12.3. The number of aryl methyl sites for hydroxylation is 1. The van der Waals surface area contributed by atoms with E-state index in [1.54, 1.807) is 0 Å². The van der Waals surface area contributed by atoms with Crippen molar-refractivity contribution in [3.63, 3.8) is 0 Å². The SMILES string of the molecule is CC(Cc1cccc(CCC(=O)NCc2ccccc2Cl)c1)NCC(O)c1cc(O)cc(O)c1. The lowest BCUT2D eigenvalue weighted by Gasteiger charge is -2.18. The first-order valence-electron chi connectivity index (χ1n) is 11.3. The van der Waals surface area contributed by atoms with Crippen molar-refractivity contribution in [2.45, 2.75) is 44.9 Å². The summed E-state index contributed by atoms with van der Waals surface area (Å²) in [6.07, 6.45) is 0.940. The molecule has 3 rings (SSSR count). The number of nitrogens with one attached hydrogen (secondary N) is 2. The molecule has 6 nitrogen and oxygen atoms in total. The van der Waals surface area contributed by atoms with Crippen molar-refractivity contribution >= 4 is 17.5 Å². The average molecular weight is 483 g/mol. The summed E-state index contributed by atoms with van der Waals surface area (Å²) < 4.78 is 0. The molecule has 3 aromatic carbocycles. The number of halogens is 1. The zero-order chi connectivity index (χ0) is 24.5. The summed E-state index contributed by atoms with van der Waals surface area (Å²) >= 11 is 6.13. The minimum atomic E-state index is -0.851. The molecule has 0 aliphatic heterocycles. The molecule has 2 unspecified atom stereocenters. The van der Waals surface area contributed by atoms with Gasteiger partial charge in [0.1, 0.15) is 11.5 Å². The zero-order valence-electron chi connectivity index (χ0n) is 19.2. The van der Waals surface area contributed by atoms with Gasteiger partial charge in [-0.15, -0.1) is 0 Å². The molecule has 1 amide bonds. The lowest BCUT2D eigenvalue weighted by Crippen LogP contribution is -2.32. The van der Waals surface area contributed by atoms with Crippen LogP contribution >= 0.6 is 11.6 Å². The van der Waals surface area contributed by atoms with Gasteiger partial charge in [0.2, 0.25) is 5.91 Å². The first-order valence-corrected chi connectivity index (χ1v) is 11.7. The quantitative estimate of drug-likeness (QED) is 0.281. The molecule has 5 N–H and O–H groups in total. The van der Waals surface area contributed by atoms with Gasteiger partial charge in [0.05, 0.1) is 6.10 Å². The summed E-state index contributed by atoms with van der Waals surface area (Å²) in [5.41, 5.74) is 3.57. The van der Waals surface area contributed by atoms with E-state index in [1.807, 2.05) is 49.4 Å². The van der Waals surface area contributed by atoms with Crippen molar-refractivity contribution in [3.8, 4) is 11.5 Å². The van der Waals surface area contributed by atoms with E-state index in [-0.39, 0.29) is 30.0 Å². The second kappa shape index (κ2) is 12.4. The molecule has 0 saturated carbocycles. The van der Waals surface area contributed by atoms with Crippen LogP contribution in [0.3, 0.4) is 0 Å². The normalized spacial score (nSPS) is 12.8.